The molecule has 0 atom stereocenters. The van der Waals surface area contributed by atoms with E-state index in [2.05, 4.69) is 4.98 Å². The molecule has 3 rings (SSSR count). The lowest BCUT2D eigenvalue weighted by molar-refractivity contribution is 0.476. The highest BCUT2D eigenvalue weighted by molar-refractivity contribution is 7.99. The van der Waals surface area contributed by atoms with Crippen LogP contribution in [0.25, 0.3) is 10.9 Å². The smallest absolute Gasteiger partial charge is 0.262 e. The highest BCUT2D eigenvalue weighted by Gasteiger charge is 2.13. The molecular formula is C15H10ClN3O2S. The van der Waals surface area contributed by atoms with E-state index in [0.717, 1.165) is 0 Å². The van der Waals surface area contributed by atoms with E-state index in [9.17, 15) is 4.79 Å². The zero-order chi connectivity index (χ0) is 15.5. The number of hydrogen-bond donors (Lipinski definition) is 0. The lowest BCUT2D eigenvalue weighted by atomic mass is 10.2. The predicted octanol–water partition coefficient (Wildman–Crippen LogP) is 3.31. The molecule has 2 aromatic heterocycles. The first-order valence-electron chi connectivity index (χ1n) is 6.41. The van der Waals surface area contributed by atoms with E-state index in [1.54, 1.807) is 36.6 Å². The largest absolute Gasteiger partial charge is 0.467 e. The Kier molecular flexibility index (Phi) is 4.18. The zero-order valence-electron chi connectivity index (χ0n) is 11.3. The molecule has 0 aliphatic carbocycles. The Morgan fingerprint density at radius 2 is 2.27 bits per heavy atom. The van der Waals surface area contributed by atoms with E-state index in [0.29, 0.717) is 26.8 Å². The van der Waals surface area contributed by atoms with Crippen molar-refractivity contribution in [2.45, 2.75) is 11.7 Å². The van der Waals surface area contributed by atoms with Gasteiger partial charge in [0.05, 0.1) is 35.5 Å². The van der Waals surface area contributed by atoms with Crippen molar-refractivity contribution in [1.82, 2.24) is 9.55 Å². The van der Waals surface area contributed by atoms with Crippen LogP contribution in [0, 0.1) is 11.3 Å². The van der Waals surface area contributed by atoms with Crippen LogP contribution in [0.3, 0.4) is 0 Å². The van der Waals surface area contributed by atoms with E-state index in [-0.39, 0.29) is 17.9 Å². The summed E-state index contributed by atoms with van der Waals surface area (Å²) in [5.74, 6) is 0.854. The molecule has 2 heterocycles. The van der Waals surface area contributed by atoms with E-state index in [1.807, 2.05) is 6.07 Å². The molecule has 0 fully saturated rings. The average Bonchev–Trinajstić information content (AvgIpc) is 3.01. The van der Waals surface area contributed by atoms with E-state index < -0.39 is 0 Å². The van der Waals surface area contributed by atoms with Crippen molar-refractivity contribution in [3.8, 4) is 6.07 Å². The van der Waals surface area contributed by atoms with Crippen molar-refractivity contribution < 1.29 is 4.42 Å². The van der Waals surface area contributed by atoms with E-state index in [1.165, 1.54) is 16.3 Å². The Labute approximate surface area is 135 Å². The van der Waals surface area contributed by atoms with Crippen molar-refractivity contribution in [3.05, 3.63) is 57.7 Å². The van der Waals surface area contributed by atoms with Crippen molar-refractivity contribution in [2.24, 2.45) is 0 Å². The summed E-state index contributed by atoms with van der Waals surface area (Å²) in [6, 6.07) is 10.5. The molecule has 1 aromatic carbocycles. The Hall–Kier alpha value is -2.23. The molecular weight excluding hydrogens is 322 g/mol. The summed E-state index contributed by atoms with van der Waals surface area (Å²) in [5, 5.41) is 10.2. The summed E-state index contributed by atoms with van der Waals surface area (Å²) in [4.78, 5) is 17.2. The molecule has 3 aromatic rings. The number of hydrogen-bond acceptors (Lipinski definition) is 5. The first-order valence-corrected chi connectivity index (χ1v) is 7.77. The maximum atomic E-state index is 12.7. The molecule has 0 saturated carbocycles. The second-order valence-corrected chi connectivity index (χ2v) is 5.85. The summed E-state index contributed by atoms with van der Waals surface area (Å²) < 4.78 is 6.81. The SMILES string of the molecule is N#CCSc1nc2cc(Cl)ccc2c(=O)n1Cc1ccco1. The van der Waals surface area contributed by atoms with Gasteiger partial charge in [-0.3, -0.25) is 9.36 Å². The van der Waals surface area contributed by atoms with Gasteiger partial charge in [0, 0.05) is 5.02 Å². The second kappa shape index (κ2) is 6.26. The number of thioether (sulfide) groups is 1. The number of aromatic nitrogens is 2. The summed E-state index contributed by atoms with van der Waals surface area (Å²) in [5.41, 5.74) is 0.340. The van der Waals surface area contributed by atoms with Gasteiger partial charge in [-0.25, -0.2) is 4.98 Å². The Bertz CT molecular complexity index is 913. The maximum absolute atomic E-state index is 12.7. The van der Waals surface area contributed by atoms with Gasteiger partial charge in [-0.1, -0.05) is 23.4 Å². The van der Waals surface area contributed by atoms with Crippen LogP contribution >= 0.6 is 23.4 Å². The number of fused-ring (bicyclic) bond motifs is 1. The van der Waals surface area contributed by atoms with Gasteiger partial charge in [0.15, 0.2) is 5.16 Å². The topological polar surface area (TPSA) is 71.8 Å². The summed E-state index contributed by atoms with van der Waals surface area (Å²) >= 11 is 7.17. The third kappa shape index (κ3) is 2.86. The van der Waals surface area contributed by atoms with Crippen molar-refractivity contribution in [3.63, 3.8) is 0 Å². The number of nitriles is 1. The second-order valence-electron chi connectivity index (χ2n) is 4.47. The first-order chi connectivity index (χ1) is 10.7. The summed E-state index contributed by atoms with van der Waals surface area (Å²) in [7, 11) is 0. The number of halogens is 1. The van der Waals surface area contributed by atoms with Crippen molar-refractivity contribution >= 4 is 34.3 Å². The van der Waals surface area contributed by atoms with Crippen LogP contribution in [0.5, 0.6) is 0 Å². The minimum Gasteiger partial charge on any atom is -0.467 e. The van der Waals surface area contributed by atoms with Crippen LogP contribution in [-0.2, 0) is 6.54 Å². The third-order valence-corrected chi connectivity index (χ3v) is 4.12. The van der Waals surface area contributed by atoms with Crippen LogP contribution in [0.1, 0.15) is 5.76 Å². The van der Waals surface area contributed by atoms with Gasteiger partial charge >= 0.3 is 0 Å². The number of rotatable bonds is 4. The summed E-state index contributed by atoms with van der Waals surface area (Å²) in [6.45, 7) is 0.269. The summed E-state index contributed by atoms with van der Waals surface area (Å²) in [6.07, 6.45) is 1.55. The van der Waals surface area contributed by atoms with Crippen LogP contribution in [-0.4, -0.2) is 15.3 Å². The fourth-order valence-corrected chi connectivity index (χ4v) is 2.90. The molecule has 5 nitrogen and oxygen atoms in total. The van der Waals surface area contributed by atoms with Gasteiger partial charge in [0.2, 0.25) is 0 Å². The fourth-order valence-electron chi connectivity index (χ4n) is 2.08. The Morgan fingerprint density at radius 1 is 1.41 bits per heavy atom. The molecule has 0 saturated heterocycles. The van der Waals surface area contributed by atoms with Gasteiger partial charge in [-0.05, 0) is 30.3 Å². The number of benzene rings is 1. The van der Waals surface area contributed by atoms with Crippen LogP contribution in [0.4, 0.5) is 0 Å². The lowest BCUT2D eigenvalue weighted by Crippen LogP contribution is -2.23. The zero-order valence-corrected chi connectivity index (χ0v) is 12.9. The normalized spacial score (nSPS) is 10.7. The van der Waals surface area contributed by atoms with Crippen molar-refractivity contribution in [1.29, 1.82) is 5.26 Å². The van der Waals surface area contributed by atoms with Crippen molar-refractivity contribution in [2.75, 3.05) is 5.75 Å². The molecule has 22 heavy (non-hydrogen) atoms. The molecule has 0 radical (unpaired) electrons. The highest BCUT2D eigenvalue weighted by Crippen LogP contribution is 2.21. The molecule has 0 aliphatic rings. The third-order valence-electron chi connectivity index (χ3n) is 3.04. The Balaban J connectivity index is 2.18. The molecule has 7 heteroatoms. The standard InChI is InChI=1S/C15H10ClN3O2S/c16-10-3-4-12-13(8-10)18-15(22-7-5-17)19(14(12)20)9-11-2-1-6-21-11/h1-4,6,8H,7,9H2. The van der Waals surface area contributed by atoms with Crippen LogP contribution in [0.15, 0.2) is 51.0 Å². The molecule has 0 bridgehead atoms. The van der Waals surface area contributed by atoms with Gasteiger partial charge in [-0.15, -0.1) is 0 Å². The quantitative estimate of drug-likeness (QED) is 0.541. The monoisotopic (exact) mass is 331 g/mol. The van der Waals surface area contributed by atoms with E-state index in [4.69, 9.17) is 21.3 Å². The molecule has 0 amide bonds. The van der Waals surface area contributed by atoms with E-state index >= 15 is 0 Å². The minimum atomic E-state index is -0.182. The maximum Gasteiger partial charge on any atom is 0.262 e. The van der Waals surface area contributed by atoms with Gasteiger partial charge in [0.1, 0.15) is 5.76 Å². The van der Waals surface area contributed by atoms with Crippen LogP contribution in [0.2, 0.25) is 5.02 Å². The number of nitrogens with zero attached hydrogens (tertiary/aromatic N) is 3. The lowest BCUT2D eigenvalue weighted by Gasteiger charge is -2.11. The fraction of sp³-hybridized carbons (Fsp3) is 0.133. The van der Waals surface area contributed by atoms with Gasteiger partial charge in [-0.2, -0.15) is 5.26 Å². The molecule has 0 N–H and O–H groups in total. The first kappa shape index (κ1) is 14.7. The Morgan fingerprint density at radius 3 is 3.00 bits per heavy atom. The molecule has 0 unspecified atom stereocenters. The van der Waals surface area contributed by atoms with Gasteiger partial charge < -0.3 is 4.42 Å². The predicted molar refractivity (Wildman–Crippen MR) is 85.2 cm³/mol. The highest BCUT2D eigenvalue weighted by atomic mass is 35.5. The minimum absolute atomic E-state index is 0.182. The molecule has 0 aliphatic heterocycles. The molecule has 0 spiro atoms. The molecule has 110 valence electrons. The number of furan rings is 1. The average molecular weight is 332 g/mol. The van der Waals surface area contributed by atoms with Crippen LogP contribution < -0.4 is 5.56 Å². The van der Waals surface area contributed by atoms with Gasteiger partial charge in [0.25, 0.3) is 5.56 Å².